The molecular formula is C16H17ClN2O4S2. The summed E-state index contributed by atoms with van der Waals surface area (Å²) in [7, 11) is -2.50. The molecule has 1 amide bonds. The lowest BCUT2D eigenvalue weighted by molar-refractivity contribution is 0.0953. The van der Waals surface area contributed by atoms with Crippen LogP contribution in [-0.4, -0.2) is 33.7 Å². The number of carbonyl (C=O) groups is 1. The summed E-state index contributed by atoms with van der Waals surface area (Å²) in [5.74, 6) is 0.485. The van der Waals surface area contributed by atoms with Gasteiger partial charge in [0, 0.05) is 22.2 Å². The van der Waals surface area contributed by atoms with Gasteiger partial charge in [0.2, 0.25) is 10.0 Å². The minimum atomic E-state index is -3.90. The molecule has 0 heterocycles. The van der Waals surface area contributed by atoms with Crippen LogP contribution in [0.15, 0.2) is 52.3 Å². The van der Waals surface area contributed by atoms with Gasteiger partial charge in [0.15, 0.2) is 0 Å². The molecule has 0 atom stereocenters. The number of methoxy groups -OCH3 is 1. The van der Waals surface area contributed by atoms with E-state index in [1.165, 1.54) is 25.3 Å². The summed E-state index contributed by atoms with van der Waals surface area (Å²) in [5, 5.41) is 8.50. The Morgan fingerprint density at radius 2 is 1.92 bits per heavy atom. The van der Waals surface area contributed by atoms with Gasteiger partial charge < -0.3 is 10.1 Å². The second kappa shape index (κ2) is 8.57. The van der Waals surface area contributed by atoms with Crippen molar-refractivity contribution in [2.75, 3.05) is 19.4 Å². The molecule has 2 aromatic rings. The normalized spacial score (nSPS) is 11.2. The van der Waals surface area contributed by atoms with E-state index >= 15 is 0 Å². The number of carbonyl (C=O) groups excluding carboxylic acids is 1. The van der Waals surface area contributed by atoms with Gasteiger partial charge in [-0.3, -0.25) is 4.79 Å². The highest BCUT2D eigenvalue weighted by Crippen LogP contribution is 2.22. The minimum Gasteiger partial charge on any atom is -0.496 e. The molecule has 0 unspecified atom stereocenters. The minimum absolute atomic E-state index is 0.116. The average molecular weight is 401 g/mol. The summed E-state index contributed by atoms with van der Waals surface area (Å²) in [6.45, 7) is 0.398. The summed E-state index contributed by atoms with van der Waals surface area (Å²) >= 11 is 7.39. The number of halogens is 1. The monoisotopic (exact) mass is 400 g/mol. The van der Waals surface area contributed by atoms with E-state index in [-0.39, 0.29) is 16.2 Å². The molecule has 0 aliphatic carbocycles. The third-order valence-electron chi connectivity index (χ3n) is 3.21. The fourth-order valence-electron chi connectivity index (χ4n) is 2.00. The first kappa shape index (κ1) is 19.6. The van der Waals surface area contributed by atoms with Gasteiger partial charge in [-0.05, 0) is 42.5 Å². The number of hydrogen-bond donors (Lipinski definition) is 2. The van der Waals surface area contributed by atoms with E-state index < -0.39 is 15.9 Å². The van der Waals surface area contributed by atoms with Crippen LogP contribution in [-0.2, 0) is 10.0 Å². The molecule has 2 aromatic carbocycles. The van der Waals surface area contributed by atoms with Crippen LogP contribution in [0.4, 0.5) is 0 Å². The van der Waals surface area contributed by atoms with E-state index in [9.17, 15) is 13.2 Å². The number of ether oxygens (including phenoxy) is 1. The zero-order valence-electron chi connectivity index (χ0n) is 13.4. The Labute approximate surface area is 155 Å². The van der Waals surface area contributed by atoms with E-state index in [1.807, 2.05) is 12.1 Å². The van der Waals surface area contributed by atoms with E-state index in [0.717, 1.165) is 4.90 Å². The van der Waals surface area contributed by atoms with Gasteiger partial charge in [0.1, 0.15) is 5.75 Å². The van der Waals surface area contributed by atoms with Crippen LogP contribution < -0.4 is 15.2 Å². The van der Waals surface area contributed by atoms with Crippen LogP contribution in [0.1, 0.15) is 10.4 Å². The number of nitrogens with one attached hydrogen (secondary N) is 1. The number of sulfonamides is 1. The molecule has 25 heavy (non-hydrogen) atoms. The standard InChI is InChI=1S/C16H17ClN2O4S2/c1-23-15-7-6-13(25(18,21)22)10-14(15)16(20)19-8-9-24-12-4-2-11(17)3-5-12/h2-7,10H,8-9H2,1H3,(H,19,20)(H2,18,21,22). The predicted octanol–water partition coefficient (Wildman–Crippen LogP) is 2.52. The first-order valence-corrected chi connectivity index (χ1v) is 10.1. The van der Waals surface area contributed by atoms with E-state index in [4.69, 9.17) is 21.5 Å². The smallest absolute Gasteiger partial charge is 0.255 e. The van der Waals surface area contributed by atoms with Crippen molar-refractivity contribution in [3.8, 4) is 5.75 Å². The Morgan fingerprint density at radius 3 is 2.52 bits per heavy atom. The number of benzene rings is 2. The van der Waals surface area contributed by atoms with Crippen molar-refractivity contribution >= 4 is 39.3 Å². The molecule has 0 aliphatic heterocycles. The summed E-state index contributed by atoms with van der Waals surface area (Å²) in [6, 6.07) is 11.3. The third kappa shape index (κ3) is 5.64. The largest absolute Gasteiger partial charge is 0.496 e. The molecular weight excluding hydrogens is 384 g/mol. The maximum atomic E-state index is 12.3. The van der Waals surface area contributed by atoms with Crippen molar-refractivity contribution in [1.29, 1.82) is 0 Å². The molecule has 9 heteroatoms. The molecule has 6 nitrogen and oxygen atoms in total. The predicted molar refractivity (Wildman–Crippen MR) is 98.9 cm³/mol. The van der Waals surface area contributed by atoms with Crippen molar-refractivity contribution in [2.45, 2.75) is 9.79 Å². The van der Waals surface area contributed by atoms with Gasteiger partial charge in [-0.2, -0.15) is 0 Å². The van der Waals surface area contributed by atoms with Crippen molar-refractivity contribution < 1.29 is 17.9 Å². The molecule has 3 N–H and O–H groups in total. The molecule has 2 rings (SSSR count). The highest BCUT2D eigenvalue weighted by Gasteiger charge is 2.17. The number of nitrogens with two attached hydrogens (primary N) is 1. The molecule has 0 spiro atoms. The fourth-order valence-corrected chi connectivity index (χ4v) is 3.44. The highest BCUT2D eigenvalue weighted by atomic mass is 35.5. The maximum Gasteiger partial charge on any atom is 0.255 e. The third-order valence-corrected chi connectivity index (χ3v) is 5.39. The van der Waals surface area contributed by atoms with E-state index in [2.05, 4.69) is 5.32 Å². The molecule has 0 aliphatic rings. The molecule has 0 saturated heterocycles. The Kier molecular flexibility index (Phi) is 6.71. The van der Waals surface area contributed by atoms with Crippen LogP contribution in [0.3, 0.4) is 0 Å². The number of hydrogen-bond acceptors (Lipinski definition) is 5. The lowest BCUT2D eigenvalue weighted by atomic mass is 10.2. The lowest BCUT2D eigenvalue weighted by Crippen LogP contribution is -2.26. The average Bonchev–Trinajstić information content (AvgIpc) is 2.58. The number of rotatable bonds is 7. The second-order valence-corrected chi connectivity index (χ2v) is 8.13. The van der Waals surface area contributed by atoms with Crippen LogP contribution in [0.2, 0.25) is 5.02 Å². The first-order valence-electron chi connectivity index (χ1n) is 7.18. The van der Waals surface area contributed by atoms with Crippen LogP contribution in [0.25, 0.3) is 0 Å². The van der Waals surface area contributed by atoms with Crippen molar-refractivity contribution in [3.63, 3.8) is 0 Å². The van der Waals surface area contributed by atoms with Crippen molar-refractivity contribution in [1.82, 2.24) is 5.32 Å². The van der Waals surface area contributed by atoms with Gasteiger partial charge in [0.05, 0.1) is 17.6 Å². The van der Waals surface area contributed by atoms with Gasteiger partial charge in [-0.1, -0.05) is 11.6 Å². The van der Waals surface area contributed by atoms with E-state index in [0.29, 0.717) is 17.3 Å². The molecule has 0 fully saturated rings. The first-order chi connectivity index (χ1) is 11.8. The summed E-state index contributed by atoms with van der Waals surface area (Å²) in [4.78, 5) is 13.2. The molecule has 0 aromatic heterocycles. The quantitative estimate of drug-likeness (QED) is 0.549. The zero-order chi connectivity index (χ0) is 18.4. The summed E-state index contributed by atoms with van der Waals surface area (Å²) in [5.41, 5.74) is 0.116. The Morgan fingerprint density at radius 1 is 1.24 bits per heavy atom. The van der Waals surface area contributed by atoms with Crippen molar-refractivity contribution in [3.05, 3.63) is 53.1 Å². The molecule has 0 bridgehead atoms. The SMILES string of the molecule is COc1ccc(S(N)(=O)=O)cc1C(=O)NCCSc1ccc(Cl)cc1. The number of thioether (sulfide) groups is 1. The topological polar surface area (TPSA) is 98.5 Å². The van der Waals surface area contributed by atoms with E-state index in [1.54, 1.807) is 23.9 Å². The maximum absolute atomic E-state index is 12.3. The fraction of sp³-hybridized carbons (Fsp3) is 0.188. The Balaban J connectivity index is 1.99. The number of amides is 1. The van der Waals surface area contributed by atoms with Gasteiger partial charge >= 0.3 is 0 Å². The van der Waals surface area contributed by atoms with Gasteiger partial charge in [-0.15, -0.1) is 11.8 Å². The second-order valence-electron chi connectivity index (χ2n) is 4.97. The van der Waals surface area contributed by atoms with Crippen LogP contribution in [0, 0.1) is 0 Å². The van der Waals surface area contributed by atoms with Crippen LogP contribution >= 0.6 is 23.4 Å². The highest BCUT2D eigenvalue weighted by molar-refractivity contribution is 7.99. The lowest BCUT2D eigenvalue weighted by Gasteiger charge is -2.10. The molecule has 0 radical (unpaired) electrons. The molecule has 0 saturated carbocycles. The van der Waals surface area contributed by atoms with Gasteiger partial charge in [-0.25, -0.2) is 13.6 Å². The number of primary sulfonamides is 1. The van der Waals surface area contributed by atoms with Crippen LogP contribution in [0.5, 0.6) is 5.75 Å². The Bertz CT molecular complexity index is 855. The summed E-state index contributed by atoms with van der Waals surface area (Å²) in [6.07, 6.45) is 0. The van der Waals surface area contributed by atoms with Crippen molar-refractivity contribution in [2.24, 2.45) is 5.14 Å². The Hall–Kier alpha value is -1.74. The zero-order valence-corrected chi connectivity index (χ0v) is 15.7. The van der Waals surface area contributed by atoms with Gasteiger partial charge in [0.25, 0.3) is 5.91 Å². The summed E-state index contributed by atoms with van der Waals surface area (Å²) < 4.78 is 28.0. The molecule has 134 valence electrons.